The molecule has 0 aliphatic carbocycles. The van der Waals surface area contributed by atoms with E-state index in [-0.39, 0.29) is 59.4 Å². The summed E-state index contributed by atoms with van der Waals surface area (Å²) in [6.07, 6.45) is 10.4. The molecule has 240 valence electrons. The van der Waals surface area contributed by atoms with Crippen LogP contribution in [0.4, 0.5) is 0 Å². The summed E-state index contributed by atoms with van der Waals surface area (Å²) in [5.41, 5.74) is 2.33. The molecule has 0 fully saturated rings. The van der Waals surface area contributed by atoms with E-state index in [4.69, 9.17) is 0 Å². The van der Waals surface area contributed by atoms with Crippen molar-refractivity contribution in [2.24, 2.45) is 21.7 Å². The highest BCUT2D eigenvalue weighted by Gasteiger charge is 2.11. The van der Waals surface area contributed by atoms with Gasteiger partial charge in [0.2, 0.25) is 0 Å². The normalized spacial score (nSPS) is 9.33. The monoisotopic (exact) mass is 529 g/mol. The van der Waals surface area contributed by atoms with Crippen LogP contribution >= 0.6 is 0 Å². The van der Waals surface area contributed by atoms with Gasteiger partial charge in [-0.1, -0.05) is 222 Å². The first-order valence-corrected chi connectivity index (χ1v) is 12.5. The van der Waals surface area contributed by atoms with E-state index in [1.165, 1.54) is 51.4 Å². The Morgan fingerprint density at radius 1 is 0.222 bits per heavy atom. The maximum absolute atomic E-state index is 2.30. The van der Waals surface area contributed by atoms with Crippen molar-refractivity contribution < 1.29 is 0 Å². The third-order valence-electron chi connectivity index (χ3n) is 7.66. The van der Waals surface area contributed by atoms with Gasteiger partial charge in [0.25, 0.3) is 0 Å². The zero-order chi connectivity index (χ0) is 23.7. The Kier molecular flexibility index (Phi) is 84.0. The third kappa shape index (κ3) is 64.3. The van der Waals surface area contributed by atoms with Gasteiger partial charge < -0.3 is 0 Å². The molecule has 0 aromatic heterocycles. The predicted molar refractivity (Wildman–Crippen MR) is 191 cm³/mol. The molecule has 0 spiro atoms. The maximum atomic E-state index is 2.30. The molecule has 0 radical (unpaired) electrons. The zero-order valence-corrected chi connectivity index (χ0v) is 23.7. The second-order valence-corrected chi connectivity index (χ2v) is 11.5. The lowest BCUT2D eigenvalue weighted by molar-refractivity contribution is 0.338. The summed E-state index contributed by atoms with van der Waals surface area (Å²) in [6, 6.07) is 0. The molecular formula is C36H96. The fourth-order valence-electron chi connectivity index (χ4n) is 1.000. The molecule has 0 aliphatic heterocycles. The van der Waals surface area contributed by atoms with Crippen LogP contribution in [0.5, 0.6) is 0 Å². The van der Waals surface area contributed by atoms with E-state index in [2.05, 4.69) is 111 Å². The van der Waals surface area contributed by atoms with Crippen LogP contribution in [-0.4, -0.2) is 0 Å². The summed E-state index contributed by atoms with van der Waals surface area (Å²) >= 11 is 0. The minimum absolute atomic E-state index is 0. The molecule has 0 atom stereocenters. The quantitative estimate of drug-likeness (QED) is 0.294. The molecule has 0 nitrogen and oxygen atoms in total. The van der Waals surface area contributed by atoms with Crippen LogP contribution in [0.3, 0.4) is 0 Å². The molecule has 0 saturated heterocycles. The topological polar surface area (TPSA) is 0 Å². The standard InChI is InChI=1S/4C7H16.8CH4/c4*1-5-7(3,4)6-2;;;;;;;;/h4*5-6H2,1-4H3;8*1H4. The average Bonchev–Trinajstić information content (AvgIpc) is 2.69. The molecule has 0 heteroatoms. The summed E-state index contributed by atoms with van der Waals surface area (Å²) in [5.74, 6) is 0. The van der Waals surface area contributed by atoms with E-state index >= 15 is 0 Å². The van der Waals surface area contributed by atoms with Crippen LogP contribution in [0.25, 0.3) is 0 Å². The third-order valence-corrected chi connectivity index (χ3v) is 7.66. The van der Waals surface area contributed by atoms with Crippen molar-refractivity contribution in [2.75, 3.05) is 0 Å². The van der Waals surface area contributed by atoms with Gasteiger partial charge in [-0.05, 0) is 21.7 Å². The van der Waals surface area contributed by atoms with E-state index in [1.54, 1.807) is 0 Å². The van der Waals surface area contributed by atoms with Gasteiger partial charge in [0.1, 0.15) is 0 Å². The average molecular weight is 529 g/mol. The van der Waals surface area contributed by atoms with Gasteiger partial charge in [0, 0.05) is 0 Å². The first-order chi connectivity index (χ1) is 12.5. The SMILES string of the molecule is C.C.C.C.C.C.C.C.CCC(C)(C)CC.CCC(C)(C)CC.CCC(C)(C)CC.CCC(C)(C)CC. The molecule has 0 aromatic carbocycles. The van der Waals surface area contributed by atoms with Crippen molar-refractivity contribution in [2.45, 2.75) is 222 Å². The Balaban J connectivity index is -0.0000000199. The highest BCUT2D eigenvalue weighted by Crippen LogP contribution is 2.24. The molecule has 0 bridgehead atoms. The summed E-state index contributed by atoms with van der Waals surface area (Å²) in [7, 11) is 0. The van der Waals surface area contributed by atoms with Crippen LogP contribution in [0.1, 0.15) is 222 Å². The summed E-state index contributed by atoms with van der Waals surface area (Å²) in [5, 5.41) is 0. The van der Waals surface area contributed by atoms with Crippen molar-refractivity contribution in [1.29, 1.82) is 0 Å². The highest BCUT2D eigenvalue weighted by molar-refractivity contribution is 4.63. The van der Waals surface area contributed by atoms with E-state index in [0.29, 0.717) is 21.7 Å². The Morgan fingerprint density at radius 2 is 0.278 bits per heavy atom. The van der Waals surface area contributed by atoms with Crippen LogP contribution < -0.4 is 0 Å². The van der Waals surface area contributed by atoms with Crippen LogP contribution in [0, 0.1) is 21.7 Å². The fourth-order valence-corrected chi connectivity index (χ4v) is 1.000. The van der Waals surface area contributed by atoms with E-state index in [1.807, 2.05) is 0 Å². The first-order valence-electron chi connectivity index (χ1n) is 12.5. The molecule has 0 unspecified atom stereocenters. The Morgan fingerprint density at radius 3 is 0.278 bits per heavy atom. The Labute approximate surface area is 243 Å². The van der Waals surface area contributed by atoms with E-state index in [0.717, 1.165) is 0 Å². The number of hydrogen-bond donors (Lipinski definition) is 0. The molecule has 0 aromatic rings. The second kappa shape index (κ2) is 39.5. The fraction of sp³-hybridized carbons (Fsp3) is 1.00. The first kappa shape index (κ1) is 76.6. The van der Waals surface area contributed by atoms with Gasteiger partial charge in [-0.15, -0.1) is 0 Å². The minimum atomic E-state index is 0. The van der Waals surface area contributed by atoms with E-state index in [9.17, 15) is 0 Å². The molecule has 0 amide bonds. The number of hydrogen-bond acceptors (Lipinski definition) is 0. The van der Waals surface area contributed by atoms with Crippen molar-refractivity contribution in [1.82, 2.24) is 0 Å². The van der Waals surface area contributed by atoms with Gasteiger partial charge in [0.05, 0.1) is 0 Å². The lowest BCUT2D eigenvalue weighted by Gasteiger charge is -2.18. The van der Waals surface area contributed by atoms with Gasteiger partial charge in [0.15, 0.2) is 0 Å². The van der Waals surface area contributed by atoms with Gasteiger partial charge in [-0.25, -0.2) is 0 Å². The lowest BCUT2D eigenvalue weighted by atomic mass is 9.88. The largest absolute Gasteiger partial charge is 0.0776 e. The van der Waals surface area contributed by atoms with Crippen molar-refractivity contribution >= 4 is 0 Å². The molecule has 0 rings (SSSR count). The summed E-state index contributed by atoms with van der Waals surface area (Å²) in [6.45, 7) is 36.3. The molecule has 0 heterocycles. The highest BCUT2D eigenvalue weighted by atomic mass is 14.2. The van der Waals surface area contributed by atoms with E-state index < -0.39 is 0 Å². The van der Waals surface area contributed by atoms with Crippen LogP contribution in [0.2, 0.25) is 0 Å². The lowest BCUT2D eigenvalue weighted by Crippen LogP contribution is -2.05. The molecule has 36 heavy (non-hydrogen) atoms. The molecular weight excluding hydrogens is 432 g/mol. The van der Waals surface area contributed by atoms with Crippen molar-refractivity contribution in [3.05, 3.63) is 0 Å². The Hall–Kier alpha value is 0. The van der Waals surface area contributed by atoms with Crippen molar-refractivity contribution in [3.63, 3.8) is 0 Å². The summed E-state index contributed by atoms with van der Waals surface area (Å²) in [4.78, 5) is 0. The zero-order valence-electron chi connectivity index (χ0n) is 23.7. The maximum Gasteiger partial charge on any atom is -0.0359 e. The summed E-state index contributed by atoms with van der Waals surface area (Å²) < 4.78 is 0. The molecule has 0 N–H and O–H groups in total. The van der Waals surface area contributed by atoms with Gasteiger partial charge in [-0.2, -0.15) is 0 Å². The predicted octanol–water partition coefficient (Wildman–Crippen LogP) is 16.4. The van der Waals surface area contributed by atoms with Gasteiger partial charge in [-0.3, -0.25) is 0 Å². The molecule has 0 aliphatic rings. The van der Waals surface area contributed by atoms with Gasteiger partial charge >= 0.3 is 0 Å². The van der Waals surface area contributed by atoms with Crippen LogP contribution in [0.15, 0.2) is 0 Å². The smallest absolute Gasteiger partial charge is 0.0359 e. The van der Waals surface area contributed by atoms with Crippen molar-refractivity contribution in [3.8, 4) is 0 Å². The molecule has 0 saturated carbocycles. The number of rotatable bonds is 8. The van der Waals surface area contributed by atoms with Crippen LogP contribution in [-0.2, 0) is 0 Å². The second-order valence-electron chi connectivity index (χ2n) is 11.5. The Bertz CT molecular complexity index is 216. The minimum Gasteiger partial charge on any atom is -0.0776 e.